The molecule has 92 valence electrons. The second kappa shape index (κ2) is 19.9. The number of allylic oxidation sites excluding steroid dienone is 1. The molecule has 0 amide bonds. The Morgan fingerprint density at radius 1 is 1.19 bits per heavy atom. The van der Waals surface area contributed by atoms with Crippen molar-refractivity contribution >= 4 is 28.4 Å². The Morgan fingerprint density at radius 2 is 1.50 bits per heavy atom. The van der Waals surface area contributed by atoms with E-state index < -0.39 is 0 Å². The van der Waals surface area contributed by atoms with Crippen molar-refractivity contribution in [2.24, 2.45) is 0 Å². The summed E-state index contributed by atoms with van der Waals surface area (Å²) in [7, 11) is 0. The van der Waals surface area contributed by atoms with Crippen LogP contribution in [-0.4, -0.2) is 10.7 Å². The van der Waals surface area contributed by atoms with Crippen molar-refractivity contribution in [1.82, 2.24) is 0 Å². The van der Waals surface area contributed by atoms with Gasteiger partial charge in [-0.3, -0.25) is 4.79 Å². The molecule has 0 bridgehead atoms. The van der Waals surface area contributed by atoms with Gasteiger partial charge in [0.05, 0.1) is 0 Å². The zero-order chi connectivity index (χ0) is 13.4. The Hall–Kier alpha value is -0.640. The van der Waals surface area contributed by atoms with E-state index >= 15 is 0 Å². The second-order valence-corrected chi connectivity index (χ2v) is 2.47. The summed E-state index contributed by atoms with van der Waals surface area (Å²) in [5, 5.41) is 0. The lowest BCUT2D eigenvalue weighted by Crippen LogP contribution is -1.74. The monoisotopic (exact) mass is 334 g/mol. The van der Waals surface area contributed by atoms with Crippen molar-refractivity contribution in [3.63, 3.8) is 0 Å². The first-order valence-corrected chi connectivity index (χ1v) is 7.35. The minimum absolute atomic E-state index is 0.0185. The first-order valence-electron chi connectivity index (χ1n) is 5.19. The van der Waals surface area contributed by atoms with Crippen LogP contribution in [0.2, 0.25) is 0 Å². The molecule has 0 aliphatic heterocycles. The SMILES string of the molecule is C=CC(C)=O.CC.CI.Cc1ccccc1. The molecule has 1 nitrogen and oxygen atoms in total. The second-order valence-electron chi connectivity index (χ2n) is 2.47. The number of benzene rings is 1. The van der Waals surface area contributed by atoms with Gasteiger partial charge in [0.15, 0.2) is 5.78 Å². The number of carbonyl (C=O) groups excluding carboxylic acids is 1. The van der Waals surface area contributed by atoms with Crippen LogP contribution in [0.4, 0.5) is 0 Å². The lowest BCUT2D eigenvalue weighted by atomic mass is 10.2. The Labute approximate surface area is 114 Å². The summed E-state index contributed by atoms with van der Waals surface area (Å²) < 4.78 is 0. The summed E-state index contributed by atoms with van der Waals surface area (Å²) in [6.45, 7) is 10.8. The molecule has 0 fully saturated rings. The molecule has 1 rings (SSSR count). The summed E-state index contributed by atoms with van der Waals surface area (Å²) in [4.78, 5) is 11.7. The zero-order valence-electron chi connectivity index (χ0n) is 11.0. The standard InChI is InChI=1S/C7H8.C4H6O.C2H6.CH3I/c1-7-5-3-2-4-6-7;1-3-4(2)5;2*1-2/h2-6H,1H3;3H,1H2,2H3;1-2H3;1H3. The molecule has 0 unspecified atom stereocenters. The molecule has 0 aliphatic carbocycles. The van der Waals surface area contributed by atoms with Crippen molar-refractivity contribution in [2.45, 2.75) is 27.7 Å². The Kier molecular flexibility index (Phi) is 25.7. The van der Waals surface area contributed by atoms with Crippen LogP contribution in [0.25, 0.3) is 0 Å². The van der Waals surface area contributed by atoms with E-state index in [-0.39, 0.29) is 5.78 Å². The molecule has 0 spiro atoms. The van der Waals surface area contributed by atoms with Gasteiger partial charge in [-0.2, -0.15) is 0 Å². The number of rotatable bonds is 1. The Bertz CT molecular complexity index is 242. The van der Waals surface area contributed by atoms with E-state index in [0.29, 0.717) is 0 Å². The van der Waals surface area contributed by atoms with Crippen molar-refractivity contribution in [3.05, 3.63) is 48.6 Å². The third kappa shape index (κ3) is 23.3. The first-order chi connectivity index (χ1) is 7.66. The Balaban J connectivity index is -0.000000167. The Morgan fingerprint density at radius 3 is 1.62 bits per heavy atom. The largest absolute Gasteiger partial charge is 0.295 e. The highest BCUT2D eigenvalue weighted by molar-refractivity contribution is 14.1. The lowest BCUT2D eigenvalue weighted by molar-refractivity contribution is -0.112. The molecule has 0 heterocycles. The molecular formula is C14H23IO. The van der Waals surface area contributed by atoms with Crippen molar-refractivity contribution in [1.29, 1.82) is 0 Å². The highest BCUT2D eigenvalue weighted by Gasteiger charge is 1.72. The molecule has 1 aromatic carbocycles. The maximum Gasteiger partial charge on any atom is 0.152 e. The van der Waals surface area contributed by atoms with E-state index in [9.17, 15) is 4.79 Å². The molecule has 0 atom stereocenters. The van der Waals surface area contributed by atoms with Crippen LogP contribution in [0.5, 0.6) is 0 Å². The minimum atomic E-state index is 0.0185. The predicted octanol–water partition coefficient (Wildman–Crippen LogP) is 4.83. The lowest BCUT2D eigenvalue weighted by Gasteiger charge is -1.82. The van der Waals surface area contributed by atoms with Gasteiger partial charge < -0.3 is 0 Å². The van der Waals surface area contributed by atoms with E-state index in [4.69, 9.17) is 0 Å². The molecule has 16 heavy (non-hydrogen) atoms. The van der Waals surface area contributed by atoms with Gasteiger partial charge in [-0.1, -0.05) is 78.9 Å². The molecular weight excluding hydrogens is 311 g/mol. The van der Waals surface area contributed by atoms with Crippen LogP contribution in [0, 0.1) is 6.92 Å². The molecule has 0 saturated heterocycles. The van der Waals surface area contributed by atoms with Crippen molar-refractivity contribution in [3.8, 4) is 0 Å². The summed E-state index contributed by atoms with van der Waals surface area (Å²) in [6, 6.07) is 10.3. The molecule has 0 N–H and O–H groups in total. The third-order valence-electron chi connectivity index (χ3n) is 1.23. The van der Waals surface area contributed by atoms with Gasteiger partial charge >= 0.3 is 0 Å². The van der Waals surface area contributed by atoms with E-state index in [1.165, 1.54) is 18.6 Å². The summed E-state index contributed by atoms with van der Waals surface area (Å²) in [6.07, 6.45) is 1.28. The number of halogens is 1. The van der Waals surface area contributed by atoms with Crippen LogP contribution in [0.3, 0.4) is 0 Å². The number of hydrogen-bond donors (Lipinski definition) is 0. The van der Waals surface area contributed by atoms with E-state index in [0.717, 1.165) is 0 Å². The fraction of sp³-hybridized carbons (Fsp3) is 0.357. The van der Waals surface area contributed by atoms with Gasteiger partial charge in [0, 0.05) is 0 Å². The van der Waals surface area contributed by atoms with Gasteiger partial charge in [-0.25, -0.2) is 0 Å². The van der Waals surface area contributed by atoms with Crippen LogP contribution in [0.1, 0.15) is 26.3 Å². The van der Waals surface area contributed by atoms with Gasteiger partial charge in [0.1, 0.15) is 0 Å². The normalized spacial score (nSPS) is 6.62. The maximum atomic E-state index is 9.69. The average Bonchev–Trinajstić information content (AvgIpc) is 2.36. The van der Waals surface area contributed by atoms with Gasteiger partial charge in [0.25, 0.3) is 0 Å². The molecule has 2 heteroatoms. The minimum Gasteiger partial charge on any atom is -0.295 e. The number of ketones is 1. The third-order valence-corrected chi connectivity index (χ3v) is 1.23. The molecule has 0 saturated carbocycles. The first kappa shape index (κ1) is 20.7. The maximum absolute atomic E-state index is 9.69. The number of hydrogen-bond acceptors (Lipinski definition) is 1. The highest BCUT2D eigenvalue weighted by Crippen LogP contribution is 1.92. The van der Waals surface area contributed by atoms with Gasteiger partial charge in [-0.05, 0) is 24.9 Å². The topological polar surface area (TPSA) is 17.1 Å². The molecule has 0 aromatic heterocycles. The fourth-order valence-electron chi connectivity index (χ4n) is 0.534. The molecule has 1 aromatic rings. The number of carbonyl (C=O) groups is 1. The van der Waals surface area contributed by atoms with Crippen molar-refractivity contribution < 1.29 is 4.79 Å². The average molecular weight is 334 g/mol. The van der Waals surface area contributed by atoms with Crippen molar-refractivity contribution in [2.75, 3.05) is 4.93 Å². The van der Waals surface area contributed by atoms with Gasteiger partial charge in [0.2, 0.25) is 0 Å². The summed E-state index contributed by atoms with van der Waals surface area (Å²) in [5.74, 6) is 0.0185. The van der Waals surface area contributed by atoms with Crippen LogP contribution >= 0.6 is 22.6 Å². The number of alkyl halides is 1. The highest BCUT2D eigenvalue weighted by atomic mass is 127. The smallest absolute Gasteiger partial charge is 0.152 e. The van der Waals surface area contributed by atoms with Gasteiger partial charge in [-0.15, -0.1) is 0 Å². The zero-order valence-corrected chi connectivity index (χ0v) is 13.1. The van der Waals surface area contributed by atoms with Crippen LogP contribution in [-0.2, 0) is 4.79 Å². The molecule has 0 radical (unpaired) electrons. The summed E-state index contributed by atoms with van der Waals surface area (Å²) >= 11 is 2.15. The van der Waals surface area contributed by atoms with E-state index in [2.05, 4.69) is 48.2 Å². The van der Waals surface area contributed by atoms with E-state index in [1.807, 2.05) is 37.0 Å². The van der Waals surface area contributed by atoms with Crippen LogP contribution < -0.4 is 0 Å². The van der Waals surface area contributed by atoms with Crippen LogP contribution in [0.15, 0.2) is 43.0 Å². The fourth-order valence-corrected chi connectivity index (χ4v) is 0.534. The predicted molar refractivity (Wildman–Crippen MR) is 83.3 cm³/mol. The quantitative estimate of drug-likeness (QED) is 0.408. The summed E-state index contributed by atoms with van der Waals surface area (Å²) in [5.41, 5.74) is 1.32. The van der Waals surface area contributed by atoms with E-state index in [1.54, 1.807) is 0 Å². The number of aryl methyl sites for hydroxylation is 1. The molecule has 0 aliphatic rings.